The molecule has 0 aromatic rings. The first-order chi connectivity index (χ1) is 7.72. The molecule has 1 aliphatic carbocycles. The van der Waals surface area contributed by atoms with Crippen LogP contribution >= 0.6 is 0 Å². The summed E-state index contributed by atoms with van der Waals surface area (Å²) in [4.78, 5) is 11.3. The molecule has 0 aromatic carbocycles. The van der Waals surface area contributed by atoms with Crippen molar-refractivity contribution in [1.82, 2.24) is 10.6 Å². The van der Waals surface area contributed by atoms with Gasteiger partial charge in [-0.25, -0.2) is 13.6 Å². The molecule has 1 rings (SSSR count). The van der Waals surface area contributed by atoms with Crippen LogP contribution < -0.4 is 16.4 Å². The summed E-state index contributed by atoms with van der Waals surface area (Å²) in [6.45, 7) is 3.93. The Morgan fingerprint density at radius 1 is 1.29 bits per heavy atom. The van der Waals surface area contributed by atoms with Crippen LogP contribution in [-0.2, 0) is 0 Å². The van der Waals surface area contributed by atoms with Crippen molar-refractivity contribution in [2.24, 2.45) is 5.73 Å². The van der Waals surface area contributed by atoms with Crippen LogP contribution in [0.2, 0.25) is 0 Å². The Bertz CT molecular complexity index is 272. The van der Waals surface area contributed by atoms with E-state index in [-0.39, 0.29) is 44.3 Å². The molecule has 2 amide bonds. The topological polar surface area (TPSA) is 67.2 Å². The quantitative estimate of drug-likeness (QED) is 0.711. The highest BCUT2D eigenvalue weighted by Crippen LogP contribution is 2.36. The maximum atomic E-state index is 13.0. The first kappa shape index (κ1) is 14.2. The number of nitrogens with one attached hydrogen (secondary N) is 2. The van der Waals surface area contributed by atoms with E-state index in [0.29, 0.717) is 0 Å². The number of urea groups is 1. The molecule has 0 unspecified atom stereocenters. The third kappa shape index (κ3) is 4.85. The fourth-order valence-electron chi connectivity index (χ4n) is 1.86. The molecule has 0 heterocycles. The fourth-order valence-corrected chi connectivity index (χ4v) is 1.86. The molecule has 1 fully saturated rings. The van der Waals surface area contributed by atoms with Gasteiger partial charge < -0.3 is 16.4 Å². The van der Waals surface area contributed by atoms with Crippen molar-refractivity contribution in [2.75, 3.05) is 6.54 Å². The normalized spacial score (nSPS) is 22.2. The van der Waals surface area contributed by atoms with E-state index < -0.39 is 11.5 Å². The first-order valence-corrected chi connectivity index (χ1v) is 5.94. The van der Waals surface area contributed by atoms with E-state index in [0.717, 1.165) is 0 Å². The second-order valence-corrected chi connectivity index (χ2v) is 5.20. The number of rotatable bonds is 3. The molecular formula is C11H21F2N3O. The molecule has 1 aliphatic rings. The second-order valence-electron chi connectivity index (χ2n) is 5.20. The highest BCUT2D eigenvalue weighted by atomic mass is 19.3. The van der Waals surface area contributed by atoms with Crippen molar-refractivity contribution in [2.45, 2.75) is 57.0 Å². The summed E-state index contributed by atoms with van der Waals surface area (Å²) in [5, 5.41) is 5.29. The van der Waals surface area contributed by atoms with Gasteiger partial charge in [0.05, 0.1) is 0 Å². The van der Waals surface area contributed by atoms with Crippen LogP contribution in [0, 0.1) is 0 Å². The van der Waals surface area contributed by atoms with Gasteiger partial charge in [0.15, 0.2) is 0 Å². The van der Waals surface area contributed by atoms with Gasteiger partial charge in [0.1, 0.15) is 0 Å². The maximum absolute atomic E-state index is 13.0. The predicted molar refractivity (Wildman–Crippen MR) is 62.0 cm³/mol. The molecule has 0 saturated heterocycles. The van der Waals surface area contributed by atoms with Crippen LogP contribution in [0.3, 0.4) is 0 Å². The molecule has 1 saturated carbocycles. The maximum Gasteiger partial charge on any atom is 0.315 e. The molecule has 4 nitrogen and oxygen atoms in total. The molecule has 0 atom stereocenters. The number of nitrogens with two attached hydrogens (primary N) is 1. The Balaban J connectivity index is 2.34. The van der Waals surface area contributed by atoms with Crippen molar-refractivity contribution in [3.8, 4) is 0 Å². The zero-order chi connectivity index (χ0) is 13.1. The Hall–Kier alpha value is -0.910. The third-order valence-corrected chi connectivity index (χ3v) is 3.00. The summed E-state index contributed by atoms with van der Waals surface area (Å²) >= 11 is 0. The van der Waals surface area contributed by atoms with Crippen molar-refractivity contribution in [1.29, 1.82) is 0 Å². The lowest BCUT2D eigenvalue weighted by Crippen LogP contribution is -2.55. The zero-order valence-electron chi connectivity index (χ0n) is 10.4. The Kier molecular flexibility index (Phi) is 4.30. The average molecular weight is 249 g/mol. The molecule has 0 bridgehead atoms. The second kappa shape index (κ2) is 5.16. The third-order valence-electron chi connectivity index (χ3n) is 3.00. The molecule has 0 aliphatic heterocycles. The summed E-state index contributed by atoms with van der Waals surface area (Å²) in [6, 6.07) is -0.262. The van der Waals surface area contributed by atoms with E-state index in [9.17, 15) is 13.6 Å². The SMILES string of the molecule is CC(C)NC(=O)NCC1(N)CCC(F)(F)CC1. The van der Waals surface area contributed by atoms with Crippen molar-refractivity contribution >= 4 is 6.03 Å². The van der Waals surface area contributed by atoms with Crippen LogP contribution in [0.4, 0.5) is 13.6 Å². The summed E-state index contributed by atoms with van der Waals surface area (Å²) in [6.07, 6.45) is 0.0812. The molecule has 0 aromatic heterocycles. The minimum absolute atomic E-state index is 0.0411. The van der Waals surface area contributed by atoms with Crippen molar-refractivity contribution in [3.63, 3.8) is 0 Å². The van der Waals surface area contributed by atoms with Crippen molar-refractivity contribution in [3.05, 3.63) is 0 Å². The number of carbonyl (C=O) groups excluding carboxylic acids is 1. The van der Waals surface area contributed by atoms with Crippen LogP contribution in [0.15, 0.2) is 0 Å². The highest BCUT2D eigenvalue weighted by Gasteiger charge is 2.41. The minimum atomic E-state index is -2.59. The van der Waals surface area contributed by atoms with Gasteiger partial charge in [0.25, 0.3) is 0 Å². The van der Waals surface area contributed by atoms with Gasteiger partial charge in [-0.15, -0.1) is 0 Å². The van der Waals surface area contributed by atoms with Gasteiger partial charge in [-0.05, 0) is 26.7 Å². The Morgan fingerprint density at radius 2 is 1.82 bits per heavy atom. The fraction of sp³-hybridized carbons (Fsp3) is 0.909. The van der Waals surface area contributed by atoms with Crippen molar-refractivity contribution < 1.29 is 13.6 Å². The van der Waals surface area contributed by atoms with Crippen LogP contribution in [0.5, 0.6) is 0 Å². The van der Waals surface area contributed by atoms with Gasteiger partial charge in [-0.2, -0.15) is 0 Å². The predicted octanol–water partition coefficient (Wildman–Crippen LogP) is 1.60. The lowest BCUT2D eigenvalue weighted by Gasteiger charge is -2.37. The van der Waals surface area contributed by atoms with Gasteiger partial charge >= 0.3 is 6.03 Å². The number of amides is 2. The highest BCUT2D eigenvalue weighted by molar-refractivity contribution is 5.74. The summed E-state index contributed by atoms with van der Waals surface area (Å²) < 4.78 is 25.9. The zero-order valence-corrected chi connectivity index (χ0v) is 10.4. The number of alkyl halides is 2. The molecule has 0 spiro atoms. The standard InChI is InChI=1S/C11H21F2N3O/c1-8(2)16-9(17)15-7-10(14)3-5-11(12,13)6-4-10/h8H,3-7,14H2,1-2H3,(H2,15,16,17). The van der Waals surface area contributed by atoms with E-state index in [1.54, 1.807) is 0 Å². The van der Waals surface area contributed by atoms with E-state index in [1.165, 1.54) is 0 Å². The molecule has 17 heavy (non-hydrogen) atoms. The number of carbonyl (C=O) groups is 1. The molecule has 0 radical (unpaired) electrons. The number of hydrogen-bond donors (Lipinski definition) is 3. The van der Waals surface area contributed by atoms with Gasteiger partial charge in [0.2, 0.25) is 5.92 Å². The van der Waals surface area contributed by atoms with Crippen LogP contribution in [-0.4, -0.2) is 30.1 Å². The van der Waals surface area contributed by atoms with Gasteiger partial charge in [0, 0.05) is 31.0 Å². The lowest BCUT2D eigenvalue weighted by atomic mass is 9.80. The average Bonchev–Trinajstić information content (AvgIpc) is 2.20. The van der Waals surface area contributed by atoms with E-state index in [2.05, 4.69) is 10.6 Å². The van der Waals surface area contributed by atoms with E-state index in [4.69, 9.17) is 5.73 Å². The van der Waals surface area contributed by atoms with Gasteiger partial charge in [-0.3, -0.25) is 0 Å². The van der Waals surface area contributed by atoms with E-state index >= 15 is 0 Å². The number of halogens is 2. The first-order valence-electron chi connectivity index (χ1n) is 5.94. The minimum Gasteiger partial charge on any atom is -0.336 e. The Morgan fingerprint density at radius 3 is 2.29 bits per heavy atom. The Labute approximate surface area is 100 Å². The molecule has 4 N–H and O–H groups in total. The van der Waals surface area contributed by atoms with Gasteiger partial charge in [-0.1, -0.05) is 0 Å². The smallest absolute Gasteiger partial charge is 0.315 e. The summed E-state index contributed by atoms with van der Waals surface area (Å²) in [7, 11) is 0. The summed E-state index contributed by atoms with van der Waals surface area (Å²) in [5.74, 6) is -2.59. The molecular weight excluding hydrogens is 228 g/mol. The lowest BCUT2D eigenvalue weighted by molar-refractivity contribution is -0.0499. The van der Waals surface area contributed by atoms with Crippen LogP contribution in [0.1, 0.15) is 39.5 Å². The van der Waals surface area contributed by atoms with E-state index in [1.807, 2.05) is 13.8 Å². The molecule has 100 valence electrons. The molecule has 6 heteroatoms. The number of hydrogen-bond acceptors (Lipinski definition) is 2. The van der Waals surface area contributed by atoms with Crippen LogP contribution in [0.25, 0.3) is 0 Å². The monoisotopic (exact) mass is 249 g/mol. The summed E-state index contributed by atoms with van der Waals surface area (Å²) in [5.41, 5.74) is 5.29. The largest absolute Gasteiger partial charge is 0.336 e.